The third-order valence-electron chi connectivity index (χ3n) is 3.05. The molecular formula is C13H24BrN3O2S2. The molecule has 1 rings (SSSR count). The molecule has 0 unspecified atom stereocenters. The molecule has 122 valence electrons. The van der Waals surface area contributed by atoms with Crippen molar-refractivity contribution in [2.24, 2.45) is 0 Å². The zero-order chi connectivity index (χ0) is 15.9. The van der Waals surface area contributed by atoms with Crippen LogP contribution in [0.15, 0.2) is 14.7 Å². The van der Waals surface area contributed by atoms with E-state index < -0.39 is 10.0 Å². The van der Waals surface area contributed by atoms with Crippen molar-refractivity contribution < 1.29 is 8.42 Å². The molecule has 0 aliphatic carbocycles. The Morgan fingerprint density at radius 2 is 2.05 bits per heavy atom. The minimum atomic E-state index is -3.45. The van der Waals surface area contributed by atoms with E-state index in [-0.39, 0.29) is 0 Å². The Bertz CT molecular complexity index is 532. The lowest BCUT2D eigenvalue weighted by Crippen LogP contribution is -2.32. The minimum absolute atomic E-state index is 0.333. The monoisotopic (exact) mass is 397 g/mol. The highest BCUT2D eigenvalue weighted by molar-refractivity contribution is 9.11. The number of nitrogens with zero attached hydrogens (tertiary/aromatic N) is 1. The fourth-order valence-electron chi connectivity index (χ4n) is 1.66. The van der Waals surface area contributed by atoms with Crippen molar-refractivity contribution in [3.05, 3.63) is 14.7 Å². The lowest BCUT2D eigenvalue weighted by Gasteiger charge is -2.13. The van der Waals surface area contributed by atoms with Crippen LogP contribution in [0, 0.1) is 0 Å². The van der Waals surface area contributed by atoms with Crippen molar-refractivity contribution in [2.75, 3.05) is 33.2 Å². The molecule has 0 saturated heterocycles. The number of halogens is 1. The summed E-state index contributed by atoms with van der Waals surface area (Å²) in [6.45, 7) is 7.78. The van der Waals surface area contributed by atoms with Gasteiger partial charge in [-0.25, -0.2) is 13.1 Å². The summed E-state index contributed by atoms with van der Waals surface area (Å²) in [5, 5.41) is 3.28. The maximum absolute atomic E-state index is 12.3. The molecule has 0 amide bonds. The normalized spacial score (nSPS) is 12.2. The number of nitrogens with one attached hydrogen (secondary N) is 2. The van der Waals surface area contributed by atoms with Gasteiger partial charge in [0.1, 0.15) is 4.90 Å². The van der Waals surface area contributed by atoms with Crippen molar-refractivity contribution in [3.8, 4) is 0 Å². The molecule has 8 heteroatoms. The molecule has 5 nitrogen and oxygen atoms in total. The van der Waals surface area contributed by atoms with Crippen LogP contribution in [0.1, 0.15) is 25.1 Å². The summed E-state index contributed by atoms with van der Waals surface area (Å²) >= 11 is 4.82. The Morgan fingerprint density at radius 1 is 1.33 bits per heavy atom. The van der Waals surface area contributed by atoms with Gasteiger partial charge in [0, 0.05) is 24.5 Å². The number of sulfonamides is 1. The van der Waals surface area contributed by atoms with Crippen LogP contribution >= 0.6 is 27.3 Å². The van der Waals surface area contributed by atoms with Crippen LogP contribution in [0.25, 0.3) is 0 Å². The van der Waals surface area contributed by atoms with E-state index in [0.717, 1.165) is 24.4 Å². The molecular weight excluding hydrogens is 374 g/mol. The van der Waals surface area contributed by atoms with Crippen molar-refractivity contribution in [1.29, 1.82) is 0 Å². The lowest BCUT2D eigenvalue weighted by molar-refractivity contribution is 0.358. The minimum Gasteiger partial charge on any atom is -0.312 e. The first kappa shape index (κ1) is 19.1. The zero-order valence-electron chi connectivity index (χ0n) is 12.8. The molecule has 0 saturated carbocycles. The van der Waals surface area contributed by atoms with Crippen molar-refractivity contribution in [2.45, 2.75) is 31.7 Å². The number of hydrogen-bond acceptors (Lipinski definition) is 5. The predicted octanol–water partition coefficient (Wildman–Crippen LogP) is 2.24. The molecule has 0 bridgehead atoms. The topological polar surface area (TPSA) is 61.4 Å². The van der Waals surface area contributed by atoms with Gasteiger partial charge < -0.3 is 10.2 Å². The van der Waals surface area contributed by atoms with Gasteiger partial charge in [-0.3, -0.25) is 0 Å². The molecule has 0 aliphatic heterocycles. The number of likely N-dealkylation sites (N-methyl/N-ethyl adjacent to an activating group) is 1. The summed E-state index contributed by atoms with van der Waals surface area (Å²) in [6.07, 6.45) is 1.06. The highest BCUT2D eigenvalue weighted by Gasteiger charge is 2.20. The van der Waals surface area contributed by atoms with E-state index in [1.807, 2.05) is 14.0 Å². The second-order valence-corrected chi connectivity index (χ2v) is 9.01. The summed E-state index contributed by atoms with van der Waals surface area (Å²) in [7, 11) is -1.48. The van der Waals surface area contributed by atoms with Gasteiger partial charge in [-0.2, -0.15) is 0 Å². The van der Waals surface area contributed by atoms with Crippen molar-refractivity contribution in [1.82, 2.24) is 14.9 Å². The maximum atomic E-state index is 12.3. The standard InChI is InChI=1S/C13H24BrN3O2S2/c1-4-6-15-10-11-9-12(13(14)20-11)21(18,19)16-7-8-17(3)5-2/h9,15-16H,4-8,10H2,1-3H3. The molecule has 1 heterocycles. The van der Waals surface area contributed by atoms with Crippen LogP contribution in [-0.4, -0.2) is 46.5 Å². The molecule has 0 spiro atoms. The molecule has 2 N–H and O–H groups in total. The van der Waals surface area contributed by atoms with Crippen LogP contribution in [-0.2, 0) is 16.6 Å². The number of hydrogen-bond donors (Lipinski definition) is 2. The fourth-order valence-corrected chi connectivity index (χ4v) is 5.33. The molecule has 0 radical (unpaired) electrons. The van der Waals surface area contributed by atoms with Gasteiger partial charge in [-0.15, -0.1) is 11.3 Å². The van der Waals surface area contributed by atoms with Crippen LogP contribution in [0.4, 0.5) is 0 Å². The molecule has 1 aromatic heterocycles. The van der Waals surface area contributed by atoms with Gasteiger partial charge in [-0.1, -0.05) is 13.8 Å². The molecule has 0 atom stereocenters. The predicted molar refractivity (Wildman–Crippen MR) is 92.4 cm³/mol. The Morgan fingerprint density at radius 3 is 2.67 bits per heavy atom. The van der Waals surface area contributed by atoms with Gasteiger partial charge in [-0.05, 0) is 48.6 Å². The first-order valence-corrected chi connectivity index (χ1v) is 10.2. The largest absolute Gasteiger partial charge is 0.312 e. The van der Waals surface area contributed by atoms with E-state index in [2.05, 4.69) is 37.8 Å². The Kier molecular flexibility index (Phi) is 8.36. The Hall–Kier alpha value is 0.01000. The van der Waals surface area contributed by atoms with Gasteiger partial charge in [0.05, 0.1) is 3.79 Å². The Labute approximate surface area is 140 Å². The van der Waals surface area contributed by atoms with E-state index in [1.54, 1.807) is 6.07 Å². The smallest absolute Gasteiger partial charge is 0.242 e. The van der Waals surface area contributed by atoms with Crippen molar-refractivity contribution >= 4 is 37.3 Å². The Balaban J connectivity index is 2.65. The van der Waals surface area contributed by atoms with Gasteiger partial charge >= 0.3 is 0 Å². The van der Waals surface area contributed by atoms with Crippen LogP contribution < -0.4 is 10.0 Å². The van der Waals surface area contributed by atoms with E-state index in [0.29, 0.717) is 28.3 Å². The summed E-state index contributed by atoms with van der Waals surface area (Å²) in [6, 6.07) is 1.74. The van der Waals surface area contributed by atoms with Gasteiger partial charge in [0.25, 0.3) is 0 Å². The van der Waals surface area contributed by atoms with Crippen molar-refractivity contribution in [3.63, 3.8) is 0 Å². The first-order valence-electron chi connectivity index (χ1n) is 7.07. The molecule has 21 heavy (non-hydrogen) atoms. The quantitative estimate of drug-likeness (QED) is 0.594. The van der Waals surface area contributed by atoms with Crippen LogP contribution in [0.3, 0.4) is 0 Å². The second kappa shape index (κ2) is 9.22. The molecule has 0 fully saturated rings. The highest BCUT2D eigenvalue weighted by Crippen LogP contribution is 2.31. The third kappa shape index (κ3) is 6.33. The fraction of sp³-hybridized carbons (Fsp3) is 0.692. The van der Waals surface area contributed by atoms with E-state index in [9.17, 15) is 8.42 Å². The second-order valence-electron chi connectivity index (χ2n) is 4.82. The summed E-state index contributed by atoms with van der Waals surface area (Å²) in [5.74, 6) is 0. The van der Waals surface area contributed by atoms with E-state index in [4.69, 9.17) is 0 Å². The summed E-state index contributed by atoms with van der Waals surface area (Å²) < 4.78 is 27.9. The number of rotatable bonds is 10. The van der Waals surface area contributed by atoms with E-state index >= 15 is 0 Å². The average molecular weight is 398 g/mol. The molecule has 1 aromatic rings. The van der Waals surface area contributed by atoms with Gasteiger partial charge in [0.15, 0.2) is 0 Å². The highest BCUT2D eigenvalue weighted by atomic mass is 79.9. The molecule has 0 aromatic carbocycles. The zero-order valence-corrected chi connectivity index (χ0v) is 16.0. The van der Waals surface area contributed by atoms with Gasteiger partial charge in [0.2, 0.25) is 10.0 Å². The average Bonchev–Trinajstić information content (AvgIpc) is 2.80. The molecule has 0 aliphatic rings. The SMILES string of the molecule is CCCNCc1cc(S(=O)(=O)NCCN(C)CC)c(Br)s1. The van der Waals surface area contributed by atoms with E-state index in [1.165, 1.54) is 11.3 Å². The summed E-state index contributed by atoms with van der Waals surface area (Å²) in [5.41, 5.74) is 0. The lowest BCUT2D eigenvalue weighted by atomic mass is 10.4. The number of thiophene rings is 1. The van der Waals surface area contributed by atoms with Crippen LogP contribution in [0.2, 0.25) is 0 Å². The first-order chi connectivity index (χ1) is 9.90. The maximum Gasteiger partial charge on any atom is 0.242 e. The van der Waals surface area contributed by atoms with Crippen LogP contribution in [0.5, 0.6) is 0 Å². The summed E-state index contributed by atoms with van der Waals surface area (Å²) in [4.78, 5) is 3.41. The third-order valence-corrected chi connectivity index (χ3v) is 6.76.